The van der Waals surface area contributed by atoms with Gasteiger partial charge in [0, 0.05) is 62.9 Å². The number of hydrogen-bond acceptors (Lipinski definition) is 8. The van der Waals surface area contributed by atoms with E-state index in [1.54, 1.807) is 0 Å². The summed E-state index contributed by atoms with van der Waals surface area (Å²) in [5.74, 6) is -0.729. The number of carbonyl (C=O) groups is 2. The molecule has 2 N–H and O–H groups in total. The number of aryl methyl sites for hydroxylation is 2. The highest BCUT2D eigenvalue weighted by atomic mass is 32.2. The molecular formula is C40H46N4O8S2. The molecule has 0 saturated carbocycles. The zero-order chi connectivity index (χ0) is 38.6. The molecule has 2 heterocycles. The third-order valence-corrected chi connectivity index (χ3v) is 13.6. The van der Waals surface area contributed by atoms with Gasteiger partial charge in [0.1, 0.15) is 0 Å². The number of sulfonamides is 2. The van der Waals surface area contributed by atoms with Crippen molar-refractivity contribution in [3.05, 3.63) is 107 Å². The van der Waals surface area contributed by atoms with E-state index in [1.807, 2.05) is 50.2 Å². The first-order valence-electron chi connectivity index (χ1n) is 17.9. The number of carbonyl (C=O) groups excluding carboxylic acids is 2. The first-order chi connectivity index (χ1) is 25.7. The van der Waals surface area contributed by atoms with Crippen molar-refractivity contribution in [1.82, 2.24) is 8.61 Å². The second-order valence-electron chi connectivity index (χ2n) is 13.9. The maximum absolute atomic E-state index is 13.1. The van der Waals surface area contributed by atoms with E-state index in [1.165, 1.54) is 71.2 Å². The second kappa shape index (κ2) is 16.5. The molecule has 14 heteroatoms. The Kier molecular flexibility index (Phi) is 12.0. The summed E-state index contributed by atoms with van der Waals surface area (Å²) in [5, 5.41) is 5.84. The summed E-state index contributed by atoms with van der Waals surface area (Å²) in [6.07, 6.45) is 3.29. The molecule has 0 aliphatic carbocycles. The SMILES string of the molecule is Cc1cc(-c2ccc(NC(=O)c3ccc(S(=O)(=O)N(C)CC4CCCO4)cc3)c(C)c2)ccc1NC(=O)c1ccc(S(=O)(=O)N(C)CC2CCCO2)cc1. The minimum Gasteiger partial charge on any atom is -0.377 e. The van der Waals surface area contributed by atoms with Gasteiger partial charge < -0.3 is 20.1 Å². The van der Waals surface area contributed by atoms with E-state index < -0.39 is 20.0 Å². The van der Waals surface area contributed by atoms with E-state index in [0.29, 0.717) is 35.7 Å². The van der Waals surface area contributed by atoms with Crippen LogP contribution < -0.4 is 10.6 Å². The number of benzene rings is 4. The highest BCUT2D eigenvalue weighted by molar-refractivity contribution is 7.89. The van der Waals surface area contributed by atoms with Gasteiger partial charge in [0.05, 0.1) is 22.0 Å². The van der Waals surface area contributed by atoms with E-state index in [9.17, 15) is 26.4 Å². The third kappa shape index (κ3) is 8.91. The van der Waals surface area contributed by atoms with Crippen LogP contribution in [-0.4, -0.2) is 89.9 Å². The van der Waals surface area contributed by atoms with Crippen LogP contribution in [0.4, 0.5) is 11.4 Å². The molecular weight excluding hydrogens is 729 g/mol. The number of nitrogens with zero attached hydrogens (tertiary/aromatic N) is 2. The maximum atomic E-state index is 13.1. The molecule has 2 saturated heterocycles. The molecule has 0 spiro atoms. The lowest BCUT2D eigenvalue weighted by molar-refractivity contribution is 0.0978. The zero-order valence-corrected chi connectivity index (χ0v) is 32.5. The lowest BCUT2D eigenvalue weighted by Crippen LogP contribution is -2.34. The van der Waals surface area contributed by atoms with Gasteiger partial charge in [-0.15, -0.1) is 0 Å². The van der Waals surface area contributed by atoms with Gasteiger partial charge in [0.2, 0.25) is 20.0 Å². The lowest BCUT2D eigenvalue weighted by atomic mass is 9.99. The van der Waals surface area contributed by atoms with Gasteiger partial charge in [-0.1, -0.05) is 12.1 Å². The van der Waals surface area contributed by atoms with Crippen LogP contribution in [0.5, 0.6) is 0 Å². The van der Waals surface area contributed by atoms with Crippen LogP contribution in [0.3, 0.4) is 0 Å². The molecule has 2 atom stereocenters. The molecule has 4 aromatic rings. The van der Waals surface area contributed by atoms with E-state index in [0.717, 1.165) is 47.9 Å². The fourth-order valence-corrected chi connectivity index (χ4v) is 9.02. The topological polar surface area (TPSA) is 151 Å². The van der Waals surface area contributed by atoms with Crippen molar-refractivity contribution in [2.24, 2.45) is 0 Å². The fourth-order valence-electron chi connectivity index (χ4n) is 6.62. The van der Waals surface area contributed by atoms with E-state index >= 15 is 0 Å². The van der Waals surface area contributed by atoms with Crippen molar-refractivity contribution < 1.29 is 35.9 Å². The first kappa shape index (κ1) is 39.3. The molecule has 2 aliphatic rings. The molecule has 286 valence electrons. The van der Waals surface area contributed by atoms with Crippen LogP contribution in [0.2, 0.25) is 0 Å². The van der Waals surface area contributed by atoms with Gasteiger partial charge in [0.25, 0.3) is 11.8 Å². The number of amides is 2. The molecule has 0 bridgehead atoms. The number of nitrogens with one attached hydrogen (secondary N) is 2. The number of likely N-dealkylation sites (N-methyl/N-ethyl adjacent to an activating group) is 2. The second-order valence-corrected chi connectivity index (χ2v) is 17.9. The van der Waals surface area contributed by atoms with Gasteiger partial charge >= 0.3 is 0 Å². The summed E-state index contributed by atoms with van der Waals surface area (Å²) in [7, 11) is -4.38. The Labute approximate surface area is 317 Å². The highest BCUT2D eigenvalue weighted by Crippen LogP contribution is 2.29. The smallest absolute Gasteiger partial charge is 0.255 e. The minimum atomic E-state index is -3.72. The summed E-state index contributed by atoms with van der Waals surface area (Å²) < 4.78 is 66.0. The van der Waals surface area contributed by atoms with Gasteiger partial charge in [-0.3, -0.25) is 9.59 Å². The van der Waals surface area contributed by atoms with E-state index in [4.69, 9.17) is 9.47 Å². The fraction of sp³-hybridized carbons (Fsp3) is 0.350. The average Bonchev–Trinajstić information content (AvgIpc) is 3.88. The van der Waals surface area contributed by atoms with Crippen LogP contribution in [0, 0.1) is 13.8 Å². The van der Waals surface area contributed by atoms with Crippen LogP contribution >= 0.6 is 0 Å². The van der Waals surface area contributed by atoms with Crippen LogP contribution in [0.25, 0.3) is 11.1 Å². The van der Waals surface area contributed by atoms with Gasteiger partial charge in [-0.05, 0) is 135 Å². The summed E-state index contributed by atoms with van der Waals surface area (Å²) in [6.45, 7) is 5.62. The van der Waals surface area contributed by atoms with Crippen molar-refractivity contribution in [2.45, 2.75) is 61.5 Å². The van der Waals surface area contributed by atoms with Crippen molar-refractivity contribution in [3.8, 4) is 11.1 Å². The Hall–Kier alpha value is -4.44. The monoisotopic (exact) mass is 774 g/mol. The predicted molar refractivity (Wildman–Crippen MR) is 208 cm³/mol. The van der Waals surface area contributed by atoms with E-state index in [2.05, 4.69) is 10.6 Å². The van der Waals surface area contributed by atoms with Crippen molar-refractivity contribution in [1.29, 1.82) is 0 Å². The molecule has 2 amide bonds. The highest BCUT2D eigenvalue weighted by Gasteiger charge is 2.28. The maximum Gasteiger partial charge on any atom is 0.255 e. The van der Waals surface area contributed by atoms with Gasteiger partial charge in [0.15, 0.2) is 0 Å². The minimum absolute atomic E-state index is 0.108. The number of ether oxygens (including phenoxy) is 2. The first-order valence-corrected chi connectivity index (χ1v) is 20.8. The van der Waals surface area contributed by atoms with E-state index in [-0.39, 0.29) is 46.9 Å². The summed E-state index contributed by atoms with van der Waals surface area (Å²) in [5.41, 5.74) is 5.36. The molecule has 2 unspecified atom stereocenters. The predicted octanol–water partition coefficient (Wildman–Crippen LogP) is 6.07. The van der Waals surface area contributed by atoms with Gasteiger partial charge in [-0.2, -0.15) is 8.61 Å². The Morgan fingerprint density at radius 1 is 0.611 bits per heavy atom. The standard InChI is InChI=1S/C40H46N4O8S2/c1-27-23-31(13-19-37(27)41-39(45)29-9-15-35(16-10-29)53(47,48)43(3)25-33-7-5-21-51-33)32-14-20-38(28(2)24-32)42-40(46)30-11-17-36(18-12-30)54(49,50)44(4)26-34-8-6-22-52-34/h9-20,23-24,33-34H,5-8,21-22,25-26H2,1-4H3,(H,41,45)(H,42,46). The number of hydrogen-bond donors (Lipinski definition) is 2. The molecule has 0 radical (unpaired) electrons. The molecule has 2 aliphatic heterocycles. The summed E-state index contributed by atoms with van der Waals surface area (Å²) in [6, 6.07) is 23.1. The zero-order valence-electron chi connectivity index (χ0n) is 30.9. The summed E-state index contributed by atoms with van der Waals surface area (Å²) >= 11 is 0. The lowest BCUT2D eigenvalue weighted by Gasteiger charge is -2.20. The molecule has 54 heavy (non-hydrogen) atoms. The van der Waals surface area contributed by atoms with Crippen molar-refractivity contribution >= 4 is 43.2 Å². The summed E-state index contributed by atoms with van der Waals surface area (Å²) in [4.78, 5) is 26.4. The Bertz CT molecular complexity index is 2060. The quantitative estimate of drug-likeness (QED) is 0.166. The van der Waals surface area contributed by atoms with Crippen LogP contribution in [-0.2, 0) is 29.5 Å². The van der Waals surface area contributed by atoms with Crippen molar-refractivity contribution in [2.75, 3.05) is 51.0 Å². The third-order valence-electron chi connectivity index (χ3n) is 9.90. The molecule has 0 aromatic heterocycles. The van der Waals surface area contributed by atoms with Crippen LogP contribution in [0.15, 0.2) is 94.7 Å². The Morgan fingerprint density at radius 2 is 0.981 bits per heavy atom. The molecule has 2 fully saturated rings. The van der Waals surface area contributed by atoms with Crippen LogP contribution in [0.1, 0.15) is 57.5 Å². The molecule has 6 rings (SSSR count). The average molecular weight is 775 g/mol. The van der Waals surface area contributed by atoms with Crippen molar-refractivity contribution in [3.63, 3.8) is 0 Å². The normalized spacial score (nSPS) is 17.6. The molecule has 4 aromatic carbocycles. The van der Waals surface area contributed by atoms with Gasteiger partial charge in [-0.25, -0.2) is 16.8 Å². The largest absolute Gasteiger partial charge is 0.377 e. The number of anilines is 2. The Balaban J connectivity index is 1.06. The molecule has 12 nitrogen and oxygen atoms in total. The number of rotatable bonds is 13. The Morgan fingerprint density at radius 3 is 1.30 bits per heavy atom.